The van der Waals surface area contributed by atoms with Crippen LogP contribution in [0.3, 0.4) is 0 Å². The van der Waals surface area contributed by atoms with Crippen molar-refractivity contribution in [2.75, 3.05) is 13.1 Å². The minimum Gasteiger partial charge on any atom is -0.444 e. The minimum atomic E-state index is -1.06. The SMILES string of the molecule is CC(C)(C)OC(=O)NC1CCN(C(=O)c2ccc([N+](=O)[O-])c(F)c2)C1. The second kappa shape index (κ2) is 7.04. The Kier molecular flexibility index (Phi) is 5.24. The molecule has 1 saturated heterocycles. The highest BCUT2D eigenvalue weighted by Gasteiger charge is 2.30. The van der Waals surface area contributed by atoms with E-state index in [2.05, 4.69) is 5.32 Å². The summed E-state index contributed by atoms with van der Waals surface area (Å²) >= 11 is 0. The Labute approximate surface area is 144 Å². The van der Waals surface area contributed by atoms with E-state index >= 15 is 0 Å². The Morgan fingerprint density at radius 3 is 2.64 bits per heavy atom. The molecule has 2 rings (SSSR count). The van der Waals surface area contributed by atoms with Crippen molar-refractivity contribution in [3.8, 4) is 0 Å². The summed E-state index contributed by atoms with van der Waals surface area (Å²) in [7, 11) is 0. The minimum absolute atomic E-state index is 0.0287. The monoisotopic (exact) mass is 353 g/mol. The number of nitro groups is 1. The molecule has 1 aromatic carbocycles. The van der Waals surface area contributed by atoms with Crippen LogP contribution in [-0.2, 0) is 4.74 Å². The van der Waals surface area contributed by atoms with Crippen molar-refractivity contribution in [1.82, 2.24) is 10.2 Å². The van der Waals surface area contributed by atoms with E-state index < -0.39 is 34.0 Å². The number of rotatable bonds is 3. The molecule has 1 aliphatic rings. The molecule has 1 fully saturated rings. The first-order valence-electron chi connectivity index (χ1n) is 7.79. The Hall–Kier alpha value is -2.71. The van der Waals surface area contributed by atoms with E-state index in [1.165, 1.54) is 11.0 Å². The number of hydrogen-bond donors (Lipinski definition) is 1. The van der Waals surface area contributed by atoms with Gasteiger partial charge in [-0.05, 0) is 39.3 Å². The zero-order valence-corrected chi connectivity index (χ0v) is 14.2. The summed E-state index contributed by atoms with van der Waals surface area (Å²) in [5.74, 6) is -1.50. The zero-order valence-electron chi connectivity index (χ0n) is 14.2. The van der Waals surface area contributed by atoms with Gasteiger partial charge in [-0.3, -0.25) is 14.9 Å². The van der Waals surface area contributed by atoms with Gasteiger partial charge in [-0.15, -0.1) is 0 Å². The van der Waals surface area contributed by atoms with Gasteiger partial charge in [0.1, 0.15) is 5.60 Å². The normalized spacial score (nSPS) is 17.3. The summed E-state index contributed by atoms with van der Waals surface area (Å²) in [4.78, 5) is 35.4. The van der Waals surface area contributed by atoms with Gasteiger partial charge in [0, 0.05) is 24.7 Å². The smallest absolute Gasteiger partial charge is 0.407 e. The van der Waals surface area contributed by atoms with Crippen molar-refractivity contribution >= 4 is 17.7 Å². The average molecular weight is 353 g/mol. The second-order valence-corrected chi connectivity index (χ2v) is 6.81. The summed E-state index contributed by atoms with van der Waals surface area (Å²) in [5, 5.41) is 13.3. The molecule has 25 heavy (non-hydrogen) atoms. The van der Waals surface area contributed by atoms with Crippen LogP contribution >= 0.6 is 0 Å². The molecule has 0 radical (unpaired) electrons. The van der Waals surface area contributed by atoms with E-state index in [9.17, 15) is 24.1 Å². The standard InChI is InChI=1S/C16H20FN3O5/c1-16(2,3)25-15(22)18-11-6-7-19(9-11)14(21)10-4-5-13(20(23)24)12(17)8-10/h4-5,8,11H,6-7,9H2,1-3H3,(H,18,22). The maximum atomic E-state index is 13.7. The number of nitro benzene ring substituents is 1. The van der Waals surface area contributed by atoms with Crippen LogP contribution in [0.4, 0.5) is 14.9 Å². The van der Waals surface area contributed by atoms with Crippen LogP contribution in [0, 0.1) is 15.9 Å². The molecule has 0 bridgehead atoms. The molecule has 2 amide bonds. The molecule has 9 heteroatoms. The lowest BCUT2D eigenvalue weighted by Crippen LogP contribution is -2.41. The molecule has 0 saturated carbocycles. The number of amides is 2. The van der Waals surface area contributed by atoms with Crippen molar-refractivity contribution < 1.29 is 23.6 Å². The highest BCUT2D eigenvalue weighted by atomic mass is 19.1. The molecule has 136 valence electrons. The molecule has 1 atom stereocenters. The second-order valence-electron chi connectivity index (χ2n) is 6.81. The van der Waals surface area contributed by atoms with E-state index in [1.807, 2.05) is 0 Å². The number of carbonyl (C=O) groups is 2. The predicted molar refractivity (Wildman–Crippen MR) is 86.7 cm³/mol. The van der Waals surface area contributed by atoms with Crippen molar-refractivity contribution in [2.24, 2.45) is 0 Å². The van der Waals surface area contributed by atoms with Gasteiger partial charge in [-0.25, -0.2) is 4.79 Å². The van der Waals surface area contributed by atoms with E-state index in [4.69, 9.17) is 4.74 Å². The molecular weight excluding hydrogens is 333 g/mol. The number of benzene rings is 1. The molecule has 0 spiro atoms. The maximum absolute atomic E-state index is 13.7. The van der Waals surface area contributed by atoms with Gasteiger partial charge in [-0.2, -0.15) is 4.39 Å². The van der Waals surface area contributed by atoms with Gasteiger partial charge in [0.2, 0.25) is 5.82 Å². The van der Waals surface area contributed by atoms with E-state index in [0.29, 0.717) is 13.0 Å². The summed E-state index contributed by atoms with van der Waals surface area (Å²) in [6, 6.07) is 2.78. The summed E-state index contributed by atoms with van der Waals surface area (Å²) in [6.07, 6.45) is -0.0198. The van der Waals surface area contributed by atoms with Gasteiger partial charge < -0.3 is 15.0 Å². The summed E-state index contributed by atoms with van der Waals surface area (Å²) in [6.45, 7) is 5.90. The molecule has 0 aromatic heterocycles. The number of alkyl carbamates (subject to hydrolysis) is 1. The number of nitrogens with zero attached hydrogens (tertiary/aromatic N) is 2. The number of ether oxygens (including phenoxy) is 1. The van der Waals surface area contributed by atoms with Gasteiger partial charge in [0.05, 0.1) is 11.0 Å². The highest BCUT2D eigenvalue weighted by molar-refractivity contribution is 5.94. The molecule has 1 aromatic rings. The topological polar surface area (TPSA) is 102 Å². The van der Waals surface area contributed by atoms with Crippen LogP contribution in [0.15, 0.2) is 18.2 Å². The molecular formula is C16H20FN3O5. The van der Waals surface area contributed by atoms with Crippen molar-refractivity contribution in [1.29, 1.82) is 0 Å². The average Bonchev–Trinajstić information content (AvgIpc) is 2.92. The van der Waals surface area contributed by atoms with E-state index in [1.54, 1.807) is 20.8 Å². The maximum Gasteiger partial charge on any atom is 0.407 e. The van der Waals surface area contributed by atoms with Crippen molar-refractivity contribution in [3.63, 3.8) is 0 Å². The Morgan fingerprint density at radius 2 is 2.08 bits per heavy atom. The van der Waals surface area contributed by atoms with Gasteiger partial charge in [-0.1, -0.05) is 0 Å². The number of hydrogen-bond acceptors (Lipinski definition) is 5. The number of nitrogens with one attached hydrogen (secondary N) is 1. The fraction of sp³-hybridized carbons (Fsp3) is 0.500. The third-order valence-corrected chi connectivity index (χ3v) is 3.59. The summed E-state index contributed by atoms with van der Waals surface area (Å²) in [5.41, 5.74) is -1.27. The van der Waals surface area contributed by atoms with E-state index in [0.717, 1.165) is 12.1 Å². The lowest BCUT2D eigenvalue weighted by molar-refractivity contribution is -0.387. The van der Waals surface area contributed by atoms with Crippen LogP contribution in [-0.4, -0.2) is 46.6 Å². The predicted octanol–water partition coefficient (Wildman–Crippen LogP) is 2.47. The summed E-state index contributed by atoms with van der Waals surface area (Å²) < 4.78 is 18.8. The van der Waals surface area contributed by atoms with Crippen LogP contribution in [0.1, 0.15) is 37.6 Å². The fourth-order valence-corrected chi connectivity index (χ4v) is 2.51. The van der Waals surface area contributed by atoms with Gasteiger partial charge >= 0.3 is 11.8 Å². The molecule has 8 nitrogen and oxygen atoms in total. The first-order valence-corrected chi connectivity index (χ1v) is 7.79. The third-order valence-electron chi connectivity index (χ3n) is 3.59. The molecule has 1 unspecified atom stereocenters. The Morgan fingerprint density at radius 1 is 1.40 bits per heavy atom. The van der Waals surface area contributed by atoms with Gasteiger partial charge in [0.15, 0.2) is 0 Å². The molecule has 1 aliphatic heterocycles. The first-order chi connectivity index (χ1) is 11.6. The zero-order chi connectivity index (χ0) is 18.8. The van der Waals surface area contributed by atoms with Gasteiger partial charge in [0.25, 0.3) is 5.91 Å². The largest absolute Gasteiger partial charge is 0.444 e. The fourth-order valence-electron chi connectivity index (χ4n) is 2.51. The number of carbonyl (C=O) groups excluding carboxylic acids is 2. The molecule has 1 N–H and O–H groups in total. The number of halogens is 1. The Bertz CT molecular complexity index is 702. The first kappa shape index (κ1) is 18.6. The lowest BCUT2D eigenvalue weighted by Gasteiger charge is -2.22. The van der Waals surface area contributed by atoms with Crippen LogP contribution in [0.5, 0.6) is 0 Å². The van der Waals surface area contributed by atoms with Crippen LogP contribution in [0.25, 0.3) is 0 Å². The van der Waals surface area contributed by atoms with Crippen molar-refractivity contribution in [2.45, 2.75) is 38.8 Å². The lowest BCUT2D eigenvalue weighted by atomic mass is 10.1. The van der Waals surface area contributed by atoms with Crippen LogP contribution < -0.4 is 5.32 Å². The third kappa shape index (κ3) is 4.88. The van der Waals surface area contributed by atoms with E-state index in [-0.39, 0.29) is 18.2 Å². The quantitative estimate of drug-likeness (QED) is 0.664. The molecule has 1 heterocycles. The molecule has 0 aliphatic carbocycles. The highest BCUT2D eigenvalue weighted by Crippen LogP contribution is 2.21. The van der Waals surface area contributed by atoms with Crippen LogP contribution in [0.2, 0.25) is 0 Å². The Balaban J connectivity index is 1.97. The number of likely N-dealkylation sites (tertiary alicyclic amines) is 1. The van der Waals surface area contributed by atoms with Crippen molar-refractivity contribution in [3.05, 3.63) is 39.7 Å².